The first-order valence-electron chi connectivity index (χ1n) is 9.64. The molecule has 0 aliphatic heterocycles. The summed E-state index contributed by atoms with van der Waals surface area (Å²) in [7, 11) is 1.72. The topological polar surface area (TPSA) is 98.1 Å². The molecule has 8 nitrogen and oxygen atoms in total. The van der Waals surface area contributed by atoms with Crippen molar-refractivity contribution in [2.45, 2.75) is 26.9 Å². The van der Waals surface area contributed by atoms with E-state index in [1.807, 2.05) is 19.9 Å². The summed E-state index contributed by atoms with van der Waals surface area (Å²) in [6.45, 7) is 3.65. The number of hydrogen-bond acceptors (Lipinski definition) is 5. The molecule has 0 radical (unpaired) electrons. The minimum absolute atomic E-state index is 0.0103. The number of aryl methyl sites for hydroxylation is 4. The van der Waals surface area contributed by atoms with Gasteiger partial charge in [-0.25, -0.2) is 9.67 Å². The lowest BCUT2D eigenvalue weighted by Crippen LogP contribution is -2.33. The van der Waals surface area contributed by atoms with Gasteiger partial charge in [0.05, 0.1) is 5.39 Å². The third kappa shape index (κ3) is 5.34. The van der Waals surface area contributed by atoms with Crippen LogP contribution in [-0.4, -0.2) is 45.9 Å². The molecule has 0 atom stereocenters. The Kier molecular flexibility index (Phi) is 6.37. The van der Waals surface area contributed by atoms with E-state index < -0.39 is 24.5 Å². The molecule has 0 saturated carbocycles. The van der Waals surface area contributed by atoms with Gasteiger partial charge >= 0.3 is 6.18 Å². The highest BCUT2D eigenvalue weighted by atomic mass is 19.4. The third-order valence-corrected chi connectivity index (χ3v) is 4.65. The Morgan fingerprint density at radius 1 is 1.12 bits per heavy atom. The average Bonchev–Trinajstić information content (AvgIpc) is 3.01. The van der Waals surface area contributed by atoms with Crippen LogP contribution in [0.4, 0.5) is 18.9 Å². The lowest BCUT2D eigenvalue weighted by molar-refractivity contribution is -0.123. The lowest BCUT2D eigenvalue weighted by atomic mass is 10.1. The van der Waals surface area contributed by atoms with Gasteiger partial charge in [-0.1, -0.05) is 6.07 Å². The van der Waals surface area contributed by atoms with Crippen molar-refractivity contribution in [1.29, 1.82) is 0 Å². The molecular formula is C21H22F3N5O3. The van der Waals surface area contributed by atoms with E-state index in [9.17, 15) is 22.8 Å². The molecular weight excluding hydrogens is 427 g/mol. The SMILES string of the molecule is Cc1cc(C)c2c(OCC(=O)Nc3cc(C(=O)NCC(F)(F)F)ccc3C)nn(C)c2n1. The van der Waals surface area contributed by atoms with Crippen LogP contribution in [0.15, 0.2) is 24.3 Å². The first-order valence-corrected chi connectivity index (χ1v) is 9.64. The molecule has 0 unspecified atom stereocenters. The zero-order chi connectivity index (χ0) is 23.6. The Hall–Kier alpha value is -3.63. The zero-order valence-electron chi connectivity index (χ0n) is 17.9. The van der Waals surface area contributed by atoms with Crippen molar-refractivity contribution in [2.75, 3.05) is 18.5 Å². The maximum atomic E-state index is 12.4. The second kappa shape index (κ2) is 8.85. The van der Waals surface area contributed by atoms with Gasteiger partial charge < -0.3 is 15.4 Å². The summed E-state index contributed by atoms with van der Waals surface area (Å²) in [4.78, 5) is 28.8. The van der Waals surface area contributed by atoms with Crippen LogP contribution in [0, 0.1) is 20.8 Å². The van der Waals surface area contributed by atoms with Crippen LogP contribution < -0.4 is 15.4 Å². The average molecular weight is 449 g/mol. The van der Waals surface area contributed by atoms with Crippen LogP contribution in [0.3, 0.4) is 0 Å². The van der Waals surface area contributed by atoms with E-state index in [2.05, 4.69) is 15.4 Å². The van der Waals surface area contributed by atoms with Gasteiger partial charge in [-0.3, -0.25) is 9.59 Å². The Bertz CT molecular complexity index is 1190. The number of hydrogen-bond donors (Lipinski definition) is 2. The van der Waals surface area contributed by atoms with Gasteiger partial charge in [-0.2, -0.15) is 13.2 Å². The summed E-state index contributed by atoms with van der Waals surface area (Å²) in [5.74, 6) is -1.15. The zero-order valence-corrected chi connectivity index (χ0v) is 17.9. The Balaban J connectivity index is 1.69. The van der Waals surface area contributed by atoms with Crippen molar-refractivity contribution in [1.82, 2.24) is 20.1 Å². The van der Waals surface area contributed by atoms with E-state index in [0.29, 0.717) is 16.6 Å². The van der Waals surface area contributed by atoms with E-state index in [1.54, 1.807) is 24.0 Å². The second-order valence-corrected chi connectivity index (χ2v) is 7.37. The van der Waals surface area contributed by atoms with Gasteiger partial charge in [-0.05, 0) is 50.1 Å². The molecule has 2 N–H and O–H groups in total. The second-order valence-electron chi connectivity index (χ2n) is 7.37. The summed E-state index contributed by atoms with van der Waals surface area (Å²) in [6, 6.07) is 6.11. The Labute approximate surface area is 181 Å². The van der Waals surface area contributed by atoms with Crippen LogP contribution >= 0.6 is 0 Å². The third-order valence-electron chi connectivity index (χ3n) is 4.65. The van der Waals surface area contributed by atoms with Gasteiger partial charge in [-0.15, -0.1) is 5.10 Å². The molecule has 170 valence electrons. The number of carbonyl (C=O) groups excluding carboxylic acids is 2. The molecule has 1 aromatic carbocycles. The number of anilines is 1. The number of alkyl halides is 3. The summed E-state index contributed by atoms with van der Waals surface area (Å²) < 4.78 is 44.1. The number of fused-ring (bicyclic) bond motifs is 1. The van der Waals surface area contributed by atoms with E-state index in [0.717, 1.165) is 11.3 Å². The summed E-state index contributed by atoms with van der Waals surface area (Å²) >= 11 is 0. The van der Waals surface area contributed by atoms with Crippen LogP contribution in [-0.2, 0) is 11.8 Å². The molecule has 0 bridgehead atoms. The minimum atomic E-state index is -4.52. The fraction of sp³-hybridized carbons (Fsp3) is 0.333. The van der Waals surface area contributed by atoms with Crippen molar-refractivity contribution in [3.8, 4) is 5.88 Å². The standard InChI is InChI=1S/C21H22F3N5O3/c1-11-5-6-14(19(31)25-10-21(22,23)24)8-15(11)27-16(30)9-32-20-17-12(2)7-13(3)26-18(17)29(4)28-20/h5-8H,9-10H2,1-4H3,(H,25,31)(H,27,30). The molecule has 2 amide bonds. The number of nitrogens with zero attached hydrogens (tertiary/aromatic N) is 3. The van der Waals surface area contributed by atoms with Crippen LogP contribution in [0.2, 0.25) is 0 Å². The number of ether oxygens (including phenoxy) is 1. The highest BCUT2D eigenvalue weighted by molar-refractivity contribution is 5.98. The van der Waals surface area contributed by atoms with Gasteiger partial charge in [0.1, 0.15) is 6.54 Å². The molecule has 2 heterocycles. The first kappa shape index (κ1) is 23.0. The van der Waals surface area contributed by atoms with E-state index in [-0.39, 0.29) is 23.7 Å². The summed E-state index contributed by atoms with van der Waals surface area (Å²) in [6.07, 6.45) is -4.52. The summed E-state index contributed by atoms with van der Waals surface area (Å²) in [5, 5.41) is 9.38. The molecule has 0 spiro atoms. The van der Waals surface area contributed by atoms with Gasteiger partial charge in [0.15, 0.2) is 12.3 Å². The molecule has 0 fully saturated rings. The molecule has 2 aromatic heterocycles. The quantitative estimate of drug-likeness (QED) is 0.602. The molecule has 3 aromatic rings. The largest absolute Gasteiger partial charge is 0.466 e. The van der Waals surface area contributed by atoms with Crippen molar-refractivity contribution in [3.05, 3.63) is 46.6 Å². The maximum absolute atomic E-state index is 12.4. The van der Waals surface area contributed by atoms with E-state index in [4.69, 9.17) is 4.74 Å². The van der Waals surface area contributed by atoms with Crippen molar-refractivity contribution >= 4 is 28.5 Å². The number of aromatic nitrogens is 3. The molecule has 3 rings (SSSR count). The Morgan fingerprint density at radius 2 is 1.84 bits per heavy atom. The number of benzene rings is 1. The van der Waals surface area contributed by atoms with Crippen LogP contribution in [0.5, 0.6) is 5.88 Å². The van der Waals surface area contributed by atoms with Crippen LogP contribution in [0.1, 0.15) is 27.2 Å². The van der Waals surface area contributed by atoms with Crippen molar-refractivity contribution in [3.63, 3.8) is 0 Å². The fourth-order valence-corrected chi connectivity index (χ4v) is 3.15. The number of rotatable bonds is 6. The van der Waals surface area contributed by atoms with E-state index >= 15 is 0 Å². The normalized spacial score (nSPS) is 11.5. The minimum Gasteiger partial charge on any atom is -0.466 e. The lowest BCUT2D eigenvalue weighted by Gasteiger charge is -2.12. The Morgan fingerprint density at radius 3 is 2.53 bits per heavy atom. The molecule has 11 heteroatoms. The monoisotopic (exact) mass is 449 g/mol. The highest BCUT2D eigenvalue weighted by Crippen LogP contribution is 2.27. The predicted molar refractivity (Wildman–Crippen MR) is 112 cm³/mol. The highest BCUT2D eigenvalue weighted by Gasteiger charge is 2.28. The van der Waals surface area contributed by atoms with Crippen molar-refractivity contribution < 1.29 is 27.5 Å². The number of pyridine rings is 1. The predicted octanol–water partition coefficient (Wildman–Crippen LogP) is 3.20. The number of carbonyl (C=O) groups is 2. The van der Waals surface area contributed by atoms with Crippen molar-refractivity contribution in [2.24, 2.45) is 7.05 Å². The molecule has 0 aliphatic carbocycles. The first-order chi connectivity index (χ1) is 14.9. The number of halogens is 3. The maximum Gasteiger partial charge on any atom is 0.405 e. The van der Waals surface area contributed by atoms with Crippen LogP contribution in [0.25, 0.3) is 11.0 Å². The molecule has 0 saturated heterocycles. The molecule has 32 heavy (non-hydrogen) atoms. The number of nitrogens with one attached hydrogen (secondary N) is 2. The fourth-order valence-electron chi connectivity index (χ4n) is 3.15. The van der Waals surface area contributed by atoms with Gasteiger partial charge in [0.2, 0.25) is 5.88 Å². The van der Waals surface area contributed by atoms with E-state index in [1.165, 1.54) is 18.2 Å². The summed E-state index contributed by atoms with van der Waals surface area (Å²) in [5.41, 5.74) is 3.28. The number of amides is 2. The molecule has 0 aliphatic rings. The van der Waals surface area contributed by atoms with Gasteiger partial charge in [0.25, 0.3) is 11.8 Å². The van der Waals surface area contributed by atoms with Gasteiger partial charge in [0, 0.05) is 24.0 Å². The smallest absolute Gasteiger partial charge is 0.405 e.